The third-order valence-corrected chi connectivity index (χ3v) is 4.52. The van der Waals surface area contributed by atoms with Gasteiger partial charge in [0.15, 0.2) is 0 Å². The molecule has 3 aromatic rings. The van der Waals surface area contributed by atoms with Gasteiger partial charge in [-0.05, 0) is 22.4 Å². The van der Waals surface area contributed by atoms with E-state index in [1.165, 1.54) is 16.8 Å². The SMILES string of the molecule is CCc1cc(=O)n2nc(-n3cc(Br)c(=O)c([N+](=O)[O-])c3)sc2n1. The van der Waals surface area contributed by atoms with Crippen molar-refractivity contribution in [3.8, 4) is 5.13 Å². The molecule has 0 amide bonds. The molecule has 0 saturated carbocycles. The Morgan fingerprint density at radius 2 is 2.13 bits per heavy atom. The fraction of sp³-hybridized carbons (Fsp3) is 0.167. The molecule has 0 aliphatic heterocycles. The summed E-state index contributed by atoms with van der Waals surface area (Å²) < 4.78 is 2.46. The number of rotatable bonds is 3. The van der Waals surface area contributed by atoms with Crippen LogP contribution in [0.4, 0.5) is 5.69 Å². The van der Waals surface area contributed by atoms with Gasteiger partial charge in [0.25, 0.3) is 11.0 Å². The summed E-state index contributed by atoms with van der Waals surface area (Å²) in [5.41, 5.74) is -1.01. The molecule has 0 aromatic carbocycles. The fourth-order valence-electron chi connectivity index (χ4n) is 1.90. The second-order valence-electron chi connectivity index (χ2n) is 4.50. The summed E-state index contributed by atoms with van der Waals surface area (Å²) in [5, 5.41) is 15.3. The van der Waals surface area contributed by atoms with Crippen LogP contribution in [0.5, 0.6) is 0 Å². The predicted octanol–water partition coefficient (Wildman–Crippen LogP) is 1.53. The average Bonchev–Trinajstić information content (AvgIpc) is 2.94. The third kappa shape index (κ3) is 2.68. The molecule has 9 nitrogen and oxygen atoms in total. The maximum Gasteiger partial charge on any atom is 0.333 e. The highest BCUT2D eigenvalue weighted by atomic mass is 79.9. The molecular formula is C12H8BrN5O4S. The molecular weight excluding hydrogens is 390 g/mol. The van der Waals surface area contributed by atoms with Gasteiger partial charge >= 0.3 is 5.69 Å². The van der Waals surface area contributed by atoms with Crippen LogP contribution in [0.1, 0.15) is 12.6 Å². The number of nitro groups is 1. The predicted molar refractivity (Wildman–Crippen MR) is 86.5 cm³/mol. The van der Waals surface area contributed by atoms with Gasteiger partial charge in [-0.25, -0.2) is 4.98 Å². The Labute approximate surface area is 140 Å². The number of hydrogen-bond donors (Lipinski definition) is 0. The molecule has 0 saturated heterocycles. The van der Waals surface area contributed by atoms with E-state index in [-0.39, 0.29) is 15.2 Å². The Morgan fingerprint density at radius 1 is 1.39 bits per heavy atom. The third-order valence-electron chi connectivity index (χ3n) is 3.03. The molecule has 0 spiro atoms. The van der Waals surface area contributed by atoms with Gasteiger partial charge in [-0.1, -0.05) is 18.3 Å². The van der Waals surface area contributed by atoms with E-state index in [0.717, 1.165) is 22.0 Å². The largest absolute Gasteiger partial charge is 0.333 e. The van der Waals surface area contributed by atoms with Crippen LogP contribution in [-0.4, -0.2) is 24.1 Å². The lowest BCUT2D eigenvalue weighted by Gasteiger charge is -2.01. The number of nitrogens with zero attached hydrogens (tertiary/aromatic N) is 5. The zero-order valence-corrected chi connectivity index (χ0v) is 14.0. The smallest absolute Gasteiger partial charge is 0.290 e. The first kappa shape index (κ1) is 15.5. The number of aromatic nitrogens is 4. The monoisotopic (exact) mass is 397 g/mol. The van der Waals surface area contributed by atoms with Crippen molar-refractivity contribution < 1.29 is 4.92 Å². The zero-order chi connectivity index (χ0) is 16.7. The first-order valence-corrected chi connectivity index (χ1v) is 7.98. The molecule has 0 aliphatic carbocycles. The molecule has 0 fully saturated rings. The molecule has 0 N–H and O–H groups in total. The van der Waals surface area contributed by atoms with Gasteiger partial charge in [-0.2, -0.15) is 4.52 Å². The summed E-state index contributed by atoms with van der Waals surface area (Å²) >= 11 is 4.09. The van der Waals surface area contributed by atoms with Gasteiger partial charge in [0.1, 0.15) is 0 Å². The van der Waals surface area contributed by atoms with Crippen LogP contribution in [0.2, 0.25) is 0 Å². The Balaban J connectivity index is 2.25. The fourth-order valence-corrected chi connectivity index (χ4v) is 3.20. The molecule has 118 valence electrons. The van der Waals surface area contributed by atoms with Gasteiger partial charge in [-0.3, -0.25) is 24.3 Å². The van der Waals surface area contributed by atoms with Gasteiger partial charge in [0.2, 0.25) is 10.1 Å². The maximum absolute atomic E-state index is 12.0. The van der Waals surface area contributed by atoms with Crippen molar-refractivity contribution >= 4 is 37.9 Å². The summed E-state index contributed by atoms with van der Waals surface area (Å²) in [6.07, 6.45) is 3.03. The highest BCUT2D eigenvalue weighted by Gasteiger charge is 2.18. The maximum atomic E-state index is 12.0. The number of halogens is 1. The Morgan fingerprint density at radius 3 is 2.78 bits per heavy atom. The molecule has 0 aliphatic rings. The zero-order valence-electron chi connectivity index (χ0n) is 11.6. The van der Waals surface area contributed by atoms with Crippen LogP contribution in [0.25, 0.3) is 10.1 Å². The van der Waals surface area contributed by atoms with Crippen LogP contribution >= 0.6 is 27.3 Å². The molecule has 3 aromatic heterocycles. The first-order valence-electron chi connectivity index (χ1n) is 6.37. The second-order valence-corrected chi connectivity index (χ2v) is 6.29. The van der Waals surface area contributed by atoms with Crippen LogP contribution in [0.3, 0.4) is 0 Å². The second kappa shape index (κ2) is 5.66. The van der Waals surface area contributed by atoms with E-state index in [0.29, 0.717) is 17.1 Å². The molecule has 23 heavy (non-hydrogen) atoms. The Kier molecular flexibility index (Phi) is 3.82. The molecule has 3 rings (SSSR count). The van der Waals surface area contributed by atoms with Gasteiger partial charge in [0, 0.05) is 18.0 Å². The molecule has 0 unspecified atom stereocenters. The minimum Gasteiger partial charge on any atom is -0.290 e. The highest BCUT2D eigenvalue weighted by molar-refractivity contribution is 9.10. The summed E-state index contributed by atoms with van der Waals surface area (Å²) in [6.45, 7) is 1.88. The Bertz CT molecular complexity index is 1050. The standard InChI is InChI=1S/C12H8BrN5O4S/c1-2-6-3-9(19)17-11(14-6)23-12(15-17)16-4-7(13)10(20)8(5-16)18(21)22/h3-5H,2H2,1H3. The van der Waals surface area contributed by atoms with Crippen molar-refractivity contribution in [3.05, 3.63) is 59.3 Å². The first-order chi connectivity index (χ1) is 10.9. The summed E-state index contributed by atoms with van der Waals surface area (Å²) in [5.74, 6) is 0. The number of pyridine rings is 1. The van der Waals surface area contributed by atoms with E-state index < -0.39 is 16.0 Å². The average molecular weight is 398 g/mol. The summed E-state index contributed by atoms with van der Waals surface area (Å²) in [6, 6.07) is 1.39. The van der Waals surface area contributed by atoms with Gasteiger partial charge < -0.3 is 0 Å². The van der Waals surface area contributed by atoms with Crippen molar-refractivity contribution in [2.75, 3.05) is 0 Å². The van der Waals surface area contributed by atoms with E-state index >= 15 is 0 Å². The number of hydrogen-bond acceptors (Lipinski definition) is 7. The summed E-state index contributed by atoms with van der Waals surface area (Å²) in [7, 11) is 0. The van der Waals surface area contributed by atoms with Crippen LogP contribution in [0.15, 0.2) is 32.5 Å². The van der Waals surface area contributed by atoms with Crippen molar-refractivity contribution in [3.63, 3.8) is 0 Å². The van der Waals surface area contributed by atoms with E-state index in [9.17, 15) is 19.7 Å². The topological polar surface area (TPSA) is 112 Å². The molecule has 0 atom stereocenters. The quantitative estimate of drug-likeness (QED) is 0.489. The minimum atomic E-state index is -0.767. The van der Waals surface area contributed by atoms with Crippen molar-refractivity contribution in [1.82, 2.24) is 19.2 Å². The van der Waals surface area contributed by atoms with E-state index in [4.69, 9.17) is 0 Å². The lowest BCUT2D eigenvalue weighted by molar-refractivity contribution is -0.386. The molecule has 11 heteroatoms. The Hall–Kier alpha value is -2.40. The normalized spacial score (nSPS) is 11.0. The van der Waals surface area contributed by atoms with Crippen molar-refractivity contribution in [1.29, 1.82) is 0 Å². The van der Waals surface area contributed by atoms with Crippen LogP contribution in [0, 0.1) is 10.1 Å². The summed E-state index contributed by atoms with van der Waals surface area (Å²) in [4.78, 5) is 38.6. The van der Waals surface area contributed by atoms with Crippen LogP contribution < -0.4 is 11.0 Å². The molecule has 0 radical (unpaired) electrons. The van der Waals surface area contributed by atoms with E-state index in [1.807, 2.05) is 6.92 Å². The number of aryl methyl sites for hydroxylation is 1. The lowest BCUT2D eigenvalue weighted by atomic mass is 10.3. The highest BCUT2D eigenvalue weighted by Crippen LogP contribution is 2.20. The van der Waals surface area contributed by atoms with E-state index in [1.54, 1.807) is 0 Å². The van der Waals surface area contributed by atoms with Crippen LogP contribution in [-0.2, 0) is 6.42 Å². The van der Waals surface area contributed by atoms with Crippen molar-refractivity contribution in [2.24, 2.45) is 0 Å². The molecule has 3 heterocycles. The van der Waals surface area contributed by atoms with Gasteiger partial charge in [0.05, 0.1) is 15.6 Å². The van der Waals surface area contributed by atoms with Gasteiger partial charge in [-0.15, -0.1) is 5.10 Å². The van der Waals surface area contributed by atoms with E-state index in [2.05, 4.69) is 26.0 Å². The number of fused-ring (bicyclic) bond motifs is 1. The lowest BCUT2D eigenvalue weighted by Crippen LogP contribution is -2.16. The van der Waals surface area contributed by atoms with Crippen molar-refractivity contribution in [2.45, 2.75) is 13.3 Å². The minimum absolute atomic E-state index is 0.0282. The molecule has 0 bridgehead atoms.